The van der Waals surface area contributed by atoms with Gasteiger partial charge in [0.2, 0.25) is 0 Å². The monoisotopic (exact) mass is 440 g/mol. The van der Waals surface area contributed by atoms with Gasteiger partial charge in [0.25, 0.3) is 5.91 Å². The van der Waals surface area contributed by atoms with Crippen molar-refractivity contribution in [3.63, 3.8) is 0 Å². The number of thioether (sulfide) groups is 1. The summed E-state index contributed by atoms with van der Waals surface area (Å²) in [5.74, 6) is 0.351. The summed E-state index contributed by atoms with van der Waals surface area (Å²) in [6.07, 6.45) is -1.22. The summed E-state index contributed by atoms with van der Waals surface area (Å²) in [5.41, 5.74) is 1.48. The van der Waals surface area contributed by atoms with Gasteiger partial charge in [0, 0.05) is 13.1 Å². The maximum Gasteiger partial charge on any atom is 0.257 e. The Morgan fingerprint density at radius 1 is 1.18 bits per heavy atom. The molecular formula is C20H22Cl2N2O3S. The highest BCUT2D eigenvalue weighted by atomic mass is 35.5. The topological polar surface area (TPSA) is 53.0 Å². The first-order valence-corrected chi connectivity index (χ1v) is 10.4. The van der Waals surface area contributed by atoms with Crippen molar-refractivity contribution in [1.82, 2.24) is 4.90 Å². The maximum absolute atomic E-state index is 13.2. The fourth-order valence-electron chi connectivity index (χ4n) is 3.02. The largest absolute Gasteiger partial charge is 0.497 e. The molecule has 0 aliphatic carbocycles. The molecule has 0 aromatic heterocycles. The molecule has 1 amide bonds. The molecule has 5 nitrogen and oxygen atoms in total. The number of aliphatic hydroxyl groups is 1. The second-order valence-corrected chi connectivity index (χ2v) is 8.70. The number of amides is 1. The molecular weight excluding hydrogens is 419 g/mol. The lowest BCUT2D eigenvalue weighted by Crippen LogP contribution is -2.43. The summed E-state index contributed by atoms with van der Waals surface area (Å²) in [6.45, 7) is 1.08. The van der Waals surface area contributed by atoms with E-state index in [0.717, 1.165) is 5.56 Å². The van der Waals surface area contributed by atoms with Gasteiger partial charge in [-0.3, -0.25) is 4.79 Å². The number of halogens is 2. The zero-order valence-electron chi connectivity index (χ0n) is 15.9. The molecule has 2 aromatic rings. The highest BCUT2D eigenvalue weighted by Gasteiger charge is 2.38. The molecule has 2 atom stereocenters. The predicted molar refractivity (Wildman–Crippen MR) is 115 cm³/mol. The summed E-state index contributed by atoms with van der Waals surface area (Å²) in [6, 6.07) is 10.8. The number of carbonyl (C=O) groups excluding carboxylic acids is 1. The highest BCUT2D eigenvalue weighted by Crippen LogP contribution is 2.50. The zero-order valence-corrected chi connectivity index (χ0v) is 18.2. The Morgan fingerprint density at radius 3 is 2.46 bits per heavy atom. The van der Waals surface area contributed by atoms with Crippen LogP contribution in [0.15, 0.2) is 41.3 Å². The van der Waals surface area contributed by atoms with Gasteiger partial charge < -0.3 is 19.6 Å². The number of carbonyl (C=O) groups is 1. The molecule has 0 saturated carbocycles. The second-order valence-electron chi connectivity index (χ2n) is 6.76. The lowest BCUT2D eigenvalue weighted by atomic mass is 10.1. The quantitative estimate of drug-likeness (QED) is 0.757. The van der Waals surface area contributed by atoms with E-state index < -0.39 is 11.4 Å². The number of rotatable bonds is 5. The third-order valence-electron chi connectivity index (χ3n) is 4.59. The molecule has 1 unspecified atom stereocenters. The van der Waals surface area contributed by atoms with Crippen LogP contribution in [0.1, 0.15) is 10.8 Å². The number of hydrogen-bond donors (Lipinski definition) is 1. The molecule has 3 rings (SSSR count). The van der Waals surface area contributed by atoms with Crippen LogP contribution in [0.4, 0.5) is 5.69 Å². The average Bonchev–Trinajstić information content (AvgIpc) is 2.79. The van der Waals surface area contributed by atoms with Crippen LogP contribution >= 0.6 is 35.0 Å². The van der Waals surface area contributed by atoms with Crippen LogP contribution < -0.4 is 9.64 Å². The first kappa shape index (κ1) is 21.3. The fraction of sp³-hybridized carbons (Fsp3) is 0.350. The number of fused-ring (bicyclic) bond motifs is 1. The smallest absolute Gasteiger partial charge is 0.257 e. The molecule has 1 aliphatic heterocycles. The molecule has 2 aromatic carbocycles. The van der Waals surface area contributed by atoms with Crippen molar-refractivity contribution >= 4 is 46.6 Å². The summed E-state index contributed by atoms with van der Waals surface area (Å²) in [7, 11) is 5.46. The van der Waals surface area contributed by atoms with Gasteiger partial charge in [-0.15, -0.1) is 11.8 Å². The average molecular weight is 441 g/mol. The van der Waals surface area contributed by atoms with Gasteiger partial charge in [0.15, 0.2) is 0 Å². The van der Waals surface area contributed by atoms with E-state index in [-0.39, 0.29) is 5.91 Å². The summed E-state index contributed by atoms with van der Waals surface area (Å²) in [4.78, 5) is 17.4. The van der Waals surface area contributed by atoms with E-state index in [2.05, 4.69) is 0 Å². The van der Waals surface area contributed by atoms with Crippen LogP contribution in [0.25, 0.3) is 0 Å². The number of aliphatic hydroxyl groups excluding tert-OH is 1. The fourth-order valence-corrected chi connectivity index (χ4v) is 4.83. The lowest BCUT2D eigenvalue weighted by Gasteiger charge is -2.26. The Balaban J connectivity index is 2.07. The summed E-state index contributed by atoms with van der Waals surface area (Å²) < 4.78 is 5.20. The van der Waals surface area contributed by atoms with Crippen molar-refractivity contribution in [2.24, 2.45) is 0 Å². The van der Waals surface area contributed by atoms with E-state index in [9.17, 15) is 9.90 Å². The van der Waals surface area contributed by atoms with E-state index in [1.807, 2.05) is 43.3 Å². The van der Waals surface area contributed by atoms with E-state index in [4.69, 9.17) is 27.9 Å². The van der Waals surface area contributed by atoms with Gasteiger partial charge in [-0.05, 0) is 43.9 Å². The number of hydrogen-bond acceptors (Lipinski definition) is 5. The molecule has 0 bridgehead atoms. The van der Waals surface area contributed by atoms with Gasteiger partial charge in [-0.1, -0.05) is 35.3 Å². The Hall–Kier alpha value is -1.44. The van der Waals surface area contributed by atoms with Crippen molar-refractivity contribution in [2.45, 2.75) is 16.2 Å². The minimum Gasteiger partial charge on any atom is -0.497 e. The summed E-state index contributed by atoms with van der Waals surface area (Å²) in [5, 5.41) is 11.2. The normalized spacial score (nSPS) is 19.5. The predicted octanol–water partition coefficient (Wildman–Crippen LogP) is 4.10. The molecule has 0 fully saturated rings. The van der Waals surface area contributed by atoms with Crippen LogP contribution in [0, 0.1) is 0 Å². The number of methoxy groups -OCH3 is 1. The van der Waals surface area contributed by atoms with Gasteiger partial charge in [0.1, 0.15) is 11.9 Å². The SMILES string of the molecule is COc1ccc([C@@H]2Sc3c(ccc(Cl)c3Cl)N(CCN(C)C)C(=O)C2O)cc1. The van der Waals surface area contributed by atoms with Gasteiger partial charge >= 0.3 is 0 Å². The van der Waals surface area contributed by atoms with Crippen LogP contribution in [-0.4, -0.2) is 56.3 Å². The molecule has 1 aliphatic rings. The van der Waals surface area contributed by atoms with E-state index >= 15 is 0 Å². The van der Waals surface area contributed by atoms with Crippen molar-refractivity contribution in [3.8, 4) is 5.75 Å². The van der Waals surface area contributed by atoms with E-state index in [1.54, 1.807) is 24.1 Å². The van der Waals surface area contributed by atoms with Gasteiger partial charge in [-0.2, -0.15) is 0 Å². The zero-order chi connectivity index (χ0) is 20.4. The second kappa shape index (κ2) is 8.93. The van der Waals surface area contributed by atoms with Crippen LogP contribution in [0.3, 0.4) is 0 Å². The molecule has 1 heterocycles. The Morgan fingerprint density at radius 2 is 1.86 bits per heavy atom. The molecule has 0 saturated heterocycles. The molecule has 0 spiro atoms. The summed E-state index contributed by atoms with van der Waals surface area (Å²) >= 11 is 14.1. The number of benzene rings is 2. The van der Waals surface area contributed by atoms with Crippen LogP contribution in [-0.2, 0) is 4.79 Å². The standard InChI is InChI=1S/C20H22Cl2N2O3S/c1-23(2)10-11-24-15-9-8-14(21)16(22)19(15)28-18(17(25)20(24)26)12-4-6-13(27-3)7-5-12/h4-9,17-18,25H,10-11H2,1-3H3/t17?,18-/m0/s1. The third-order valence-corrected chi connectivity index (χ3v) is 6.93. The van der Waals surface area contributed by atoms with Crippen molar-refractivity contribution in [1.29, 1.82) is 0 Å². The molecule has 0 radical (unpaired) electrons. The minimum atomic E-state index is -1.22. The first-order valence-electron chi connectivity index (χ1n) is 8.76. The van der Waals surface area contributed by atoms with Crippen molar-refractivity contribution < 1.29 is 14.6 Å². The van der Waals surface area contributed by atoms with Crippen LogP contribution in [0.5, 0.6) is 5.75 Å². The lowest BCUT2D eigenvalue weighted by molar-refractivity contribution is -0.126. The number of ether oxygens (including phenoxy) is 1. The molecule has 8 heteroatoms. The van der Waals surface area contributed by atoms with Crippen molar-refractivity contribution in [2.75, 3.05) is 39.2 Å². The Labute approximate surface area is 179 Å². The van der Waals surface area contributed by atoms with Crippen LogP contribution in [0.2, 0.25) is 10.0 Å². The molecule has 1 N–H and O–H groups in total. The third kappa shape index (κ3) is 4.26. The van der Waals surface area contributed by atoms with E-state index in [1.165, 1.54) is 11.8 Å². The number of anilines is 1. The van der Waals surface area contributed by atoms with Gasteiger partial charge in [0.05, 0.1) is 33.0 Å². The first-order chi connectivity index (χ1) is 13.3. The minimum absolute atomic E-state index is 0.354. The van der Waals surface area contributed by atoms with Crippen molar-refractivity contribution in [3.05, 3.63) is 52.0 Å². The number of nitrogens with zero attached hydrogens (tertiary/aromatic N) is 2. The Kier molecular flexibility index (Phi) is 6.78. The Bertz CT molecular complexity index is 861. The van der Waals surface area contributed by atoms with Gasteiger partial charge in [-0.25, -0.2) is 0 Å². The highest BCUT2D eigenvalue weighted by molar-refractivity contribution is 8.00. The number of likely N-dealkylation sites (N-methyl/N-ethyl adjacent to an activating group) is 1. The van der Waals surface area contributed by atoms with E-state index in [0.29, 0.717) is 39.5 Å². The molecule has 28 heavy (non-hydrogen) atoms. The maximum atomic E-state index is 13.2. The molecule has 150 valence electrons.